The molecule has 1 heterocycles. The van der Waals surface area contributed by atoms with E-state index < -0.39 is 0 Å². The Bertz CT molecular complexity index is 774. The third kappa shape index (κ3) is 4.48. The van der Waals surface area contributed by atoms with Crippen LogP contribution >= 0.6 is 11.6 Å². The lowest BCUT2D eigenvalue weighted by atomic mass is 9.89. The Morgan fingerprint density at radius 1 is 1.12 bits per heavy atom. The molecule has 128 valence electrons. The Morgan fingerprint density at radius 2 is 1.84 bits per heavy atom. The van der Waals surface area contributed by atoms with E-state index in [0.717, 1.165) is 38.0 Å². The Morgan fingerprint density at radius 3 is 2.52 bits per heavy atom. The second-order valence-corrected chi connectivity index (χ2v) is 6.95. The van der Waals surface area contributed by atoms with Crippen LogP contribution in [0.5, 0.6) is 0 Å². The van der Waals surface area contributed by atoms with Gasteiger partial charge in [0.15, 0.2) is 0 Å². The van der Waals surface area contributed by atoms with E-state index in [1.54, 1.807) is 12.1 Å². The first-order valence-electron chi connectivity index (χ1n) is 8.64. The van der Waals surface area contributed by atoms with Crippen molar-refractivity contribution < 1.29 is 4.79 Å². The molecule has 0 saturated carbocycles. The van der Waals surface area contributed by atoms with E-state index in [2.05, 4.69) is 35.2 Å². The van der Waals surface area contributed by atoms with Crippen LogP contribution in [0.15, 0.2) is 48.5 Å². The molecule has 0 bridgehead atoms. The molecule has 0 unspecified atom stereocenters. The highest BCUT2D eigenvalue weighted by Gasteiger charge is 2.25. The van der Waals surface area contributed by atoms with Crippen molar-refractivity contribution in [2.75, 3.05) is 13.1 Å². The molecule has 3 nitrogen and oxygen atoms in total. The number of Topliss-reactive ketones (excluding diaryl/α,β-unsaturated/α-hetero) is 1. The van der Waals surface area contributed by atoms with Gasteiger partial charge in [0, 0.05) is 18.9 Å². The predicted octanol–water partition coefficient (Wildman–Crippen LogP) is 4.24. The number of hydrogen-bond acceptors (Lipinski definition) is 3. The molecule has 25 heavy (non-hydrogen) atoms. The zero-order chi connectivity index (χ0) is 17.6. The summed E-state index contributed by atoms with van der Waals surface area (Å²) in [5.41, 5.74) is 2.51. The number of likely N-dealkylation sites (tertiary alicyclic amines) is 1. The third-order valence-corrected chi connectivity index (χ3v) is 5.30. The van der Waals surface area contributed by atoms with Crippen LogP contribution in [-0.4, -0.2) is 23.8 Å². The van der Waals surface area contributed by atoms with Crippen LogP contribution in [0.1, 0.15) is 29.5 Å². The first kappa shape index (κ1) is 17.7. The average molecular weight is 353 g/mol. The summed E-state index contributed by atoms with van der Waals surface area (Å²) in [6.07, 6.45) is 2.10. The van der Waals surface area contributed by atoms with E-state index >= 15 is 0 Å². The van der Waals surface area contributed by atoms with E-state index in [9.17, 15) is 4.79 Å². The molecule has 1 saturated heterocycles. The number of carbonyl (C=O) groups is 1. The molecule has 1 aliphatic heterocycles. The fourth-order valence-corrected chi connectivity index (χ4v) is 3.62. The summed E-state index contributed by atoms with van der Waals surface area (Å²) in [6, 6.07) is 17.8. The van der Waals surface area contributed by atoms with Gasteiger partial charge in [-0.15, -0.1) is 0 Å². The maximum absolute atomic E-state index is 12.6. The first-order valence-corrected chi connectivity index (χ1v) is 9.01. The maximum Gasteiger partial charge on any atom is 0.140 e. The van der Waals surface area contributed by atoms with Crippen LogP contribution in [0.25, 0.3) is 0 Å². The number of benzene rings is 2. The number of ketones is 1. The number of hydrogen-bond donors (Lipinski definition) is 0. The van der Waals surface area contributed by atoms with Crippen molar-refractivity contribution in [3.8, 4) is 6.07 Å². The first-order chi connectivity index (χ1) is 12.2. The lowest BCUT2D eigenvalue weighted by Gasteiger charge is -2.31. The largest absolute Gasteiger partial charge is 0.299 e. The molecular weight excluding hydrogens is 332 g/mol. The van der Waals surface area contributed by atoms with Gasteiger partial charge in [-0.1, -0.05) is 54.1 Å². The zero-order valence-electron chi connectivity index (χ0n) is 14.1. The molecule has 0 radical (unpaired) electrons. The van der Waals surface area contributed by atoms with Crippen molar-refractivity contribution >= 4 is 17.4 Å². The number of piperidine rings is 1. The monoisotopic (exact) mass is 352 g/mol. The van der Waals surface area contributed by atoms with Crippen LogP contribution in [0, 0.1) is 17.2 Å². The van der Waals surface area contributed by atoms with E-state index in [0.29, 0.717) is 17.0 Å². The lowest BCUT2D eigenvalue weighted by molar-refractivity contribution is -0.123. The van der Waals surface area contributed by atoms with E-state index in [1.165, 1.54) is 5.56 Å². The van der Waals surface area contributed by atoms with Gasteiger partial charge in [-0.05, 0) is 43.1 Å². The number of nitrogens with zero attached hydrogens (tertiary/aromatic N) is 2. The standard InChI is InChI=1S/C21H21ClN2O/c22-21-18(7-4-8-19(21)14-23)13-20(25)17-9-11-24(12-10-17)15-16-5-2-1-3-6-16/h1-8,17H,9-13,15H2. The van der Waals surface area contributed by atoms with Gasteiger partial charge in [0.05, 0.1) is 10.6 Å². The highest BCUT2D eigenvalue weighted by Crippen LogP contribution is 2.25. The molecule has 0 spiro atoms. The van der Waals surface area contributed by atoms with Gasteiger partial charge in [-0.25, -0.2) is 0 Å². The molecule has 4 heteroatoms. The molecule has 3 rings (SSSR count). The second-order valence-electron chi connectivity index (χ2n) is 6.57. The molecule has 1 aliphatic rings. The zero-order valence-corrected chi connectivity index (χ0v) is 14.9. The van der Waals surface area contributed by atoms with Crippen molar-refractivity contribution in [3.05, 3.63) is 70.2 Å². The molecule has 1 fully saturated rings. The van der Waals surface area contributed by atoms with Crippen LogP contribution in [0.2, 0.25) is 5.02 Å². The van der Waals surface area contributed by atoms with E-state index in [-0.39, 0.29) is 11.7 Å². The number of nitriles is 1. The lowest BCUT2D eigenvalue weighted by Crippen LogP contribution is -2.36. The molecule has 0 amide bonds. The summed E-state index contributed by atoms with van der Waals surface area (Å²) in [5.74, 6) is 0.324. The van der Waals surface area contributed by atoms with Crippen LogP contribution in [0.4, 0.5) is 0 Å². The van der Waals surface area contributed by atoms with E-state index in [4.69, 9.17) is 16.9 Å². The number of halogens is 1. The van der Waals surface area contributed by atoms with Crippen molar-refractivity contribution in [1.82, 2.24) is 4.90 Å². The third-order valence-electron chi connectivity index (χ3n) is 4.86. The van der Waals surface area contributed by atoms with Gasteiger partial charge in [-0.2, -0.15) is 5.26 Å². The number of rotatable bonds is 5. The molecule has 2 aromatic carbocycles. The smallest absolute Gasteiger partial charge is 0.140 e. The van der Waals surface area contributed by atoms with E-state index in [1.807, 2.05) is 12.1 Å². The van der Waals surface area contributed by atoms with Crippen molar-refractivity contribution in [2.24, 2.45) is 5.92 Å². The van der Waals surface area contributed by atoms with Gasteiger partial charge in [0.1, 0.15) is 11.9 Å². The molecular formula is C21H21ClN2O. The van der Waals surface area contributed by atoms with Crippen molar-refractivity contribution in [3.63, 3.8) is 0 Å². The quantitative estimate of drug-likeness (QED) is 0.808. The summed E-state index contributed by atoms with van der Waals surface area (Å²) in [4.78, 5) is 15.0. The van der Waals surface area contributed by atoms with Crippen LogP contribution < -0.4 is 0 Å². The van der Waals surface area contributed by atoms with Crippen LogP contribution in [-0.2, 0) is 17.8 Å². The highest BCUT2D eigenvalue weighted by atomic mass is 35.5. The Kier molecular flexibility index (Phi) is 5.86. The van der Waals surface area contributed by atoms with Gasteiger partial charge in [-0.3, -0.25) is 9.69 Å². The maximum atomic E-state index is 12.6. The molecule has 0 aromatic heterocycles. The minimum absolute atomic E-state index is 0.0915. The topological polar surface area (TPSA) is 44.1 Å². The summed E-state index contributed by atoms with van der Waals surface area (Å²) in [6.45, 7) is 2.83. The summed E-state index contributed by atoms with van der Waals surface area (Å²) >= 11 is 6.22. The minimum atomic E-state index is 0.0915. The van der Waals surface area contributed by atoms with Gasteiger partial charge in [0.2, 0.25) is 0 Å². The van der Waals surface area contributed by atoms with Gasteiger partial charge in [0.25, 0.3) is 0 Å². The number of carbonyl (C=O) groups excluding carboxylic acids is 1. The second kappa shape index (κ2) is 8.29. The summed E-state index contributed by atoms with van der Waals surface area (Å²) < 4.78 is 0. The Labute approximate surface area is 153 Å². The normalized spacial score (nSPS) is 15.7. The molecule has 0 N–H and O–H groups in total. The minimum Gasteiger partial charge on any atom is -0.299 e. The fraction of sp³-hybridized carbons (Fsp3) is 0.333. The van der Waals surface area contributed by atoms with Crippen LogP contribution in [0.3, 0.4) is 0 Å². The SMILES string of the molecule is N#Cc1cccc(CC(=O)C2CCN(Cc3ccccc3)CC2)c1Cl. The van der Waals surface area contributed by atoms with Crippen molar-refractivity contribution in [2.45, 2.75) is 25.8 Å². The predicted molar refractivity (Wildman–Crippen MR) is 99.3 cm³/mol. The molecule has 2 aromatic rings. The molecule has 0 aliphatic carbocycles. The Hall–Kier alpha value is -2.15. The van der Waals surface area contributed by atoms with Gasteiger partial charge >= 0.3 is 0 Å². The fourth-order valence-electron chi connectivity index (χ4n) is 3.39. The Balaban J connectivity index is 1.54. The van der Waals surface area contributed by atoms with Gasteiger partial charge < -0.3 is 0 Å². The summed E-state index contributed by atoms with van der Waals surface area (Å²) in [5, 5.41) is 9.47. The molecule has 0 atom stereocenters. The van der Waals surface area contributed by atoms with Crippen molar-refractivity contribution in [1.29, 1.82) is 5.26 Å². The summed E-state index contributed by atoms with van der Waals surface area (Å²) in [7, 11) is 0. The highest BCUT2D eigenvalue weighted by molar-refractivity contribution is 6.32. The average Bonchev–Trinajstić information content (AvgIpc) is 2.65.